The summed E-state index contributed by atoms with van der Waals surface area (Å²) in [7, 11) is 0. The van der Waals surface area contributed by atoms with Crippen molar-refractivity contribution in [2.75, 3.05) is 11.5 Å². The lowest BCUT2D eigenvalue weighted by Gasteiger charge is -2.07. The molecule has 1 aliphatic rings. The monoisotopic (exact) mass is 290 g/mol. The normalized spacial score (nSPS) is 16.7. The third-order valence-electron chi connectivity index (χ3n) is 3.12. The number of benzene rings is 2. The Morgan fingerprint density at radius 3 is 2.47 bits per heavy atom. The molecule has 5 N–H and O–H groups in total. The van der Waals surface area contributed by atoms with Crippen LogP contribution < -0.4 is 11.5 Å². The second-order valence-electron chi connectivity index (χ2n) is 4.21. The van der Waals surface area contributed by atoms with Gasteiger partial charge < -0.3 is 16.6 Å². The summed E-state index contributed by atoms with van der Waals surface area (Å²) < 4.78 is 0.841. The lowest BCUT2D eigenvalue weighted by atomic mass is 10.1. The molecule has 0 aliphatic heterocycles. The molecule has 2 aromatic carbocycles. The van der Waals surface area contributed by atoms with E-state index in [1.54, 1.807) is 6.07 Å². The Bertz CT molecular complexity index is 625. The Morgan fingerprint density at radius 1 is 1.00 bits per heavy atom. The average Bonchev–Trinajstić information content (AvgIpc) is 2.54. The van der Waals surface area contributed by atoms with Crippen LogP contribution in [-0.2, 0) is 0 Å². The summed E-state index contributed by atoms with van der Waals surface area (Å²) in [5.41, 5.74) is 16.6. The summed E-state index contributed by atoms with van der Waals surface area (Å²) in [6.45, 7) is 0. The van der Waals surface area contributed by atoms with Gasteiger partial charge in [0.15, 0.2) is 0 Å². The van der Waals surface area contributed by atoms with Crippen LogP contribution in [0.1, 0.15) is 17.2 Å². The van der Waals surface area contributed by atoms with Crippen molar-refractivity contribution < 1.29 is 5.11 Å². The van der Waals surface area contributed by atoms with Gasteiger partial charge in [0.05, 0.1) is 0 Å². The molecule has 3 nitrogen and oxygen atoms in total. The number of aliphatic hydroxyl groups excluding tert-OH is 1. The first-order chi connectivity index (χ1) is 8.08. The molecule has 0 heterocycles. The smallest absolute Gasteiger partial charge is 0.105 e. The first kappa shape index (κ1) is 10.6. The zero-order valence-corrected chi connectivity index (χ0v) is 10.5. The van der Waals surface area contributed by atoms with Gasteiger partial charge in [0.1, 0.15) is 6.10 Å². The van der Waals surface area contributed by atoms with E-state index in [4.69, 9.17) is 11.5 Å². The van der Waals surface area contributed by atoms with E-state index in [2.05, 4.69) is 15.9 Å². The van der Waals surface area contributed by atoms with E-state index >= 15 is 0 Å². The molecule has 1 unspecified atom stereocenters. The number of aliphatic hydroxyl groups is 1. The first-order valence-electron chi connectivity index (χ1n) is 5.24. The molecule has 1 aliphatic carbocycles. The van der Waals surface area contributed by atoms with Crippen LogP contribution in [0.3, 0.4) is 0 Å². The van der Waals surface area contributed by atoms with Crippen molar-refractivity contribution in [1.29, 1.82) is 0 Å². The number of fused-ring (bicyclic) bond motifs is 3. The van der Waals surface area contributed by atoms with E-state index in [9.17, 15) is 5.11 Å². The Morgan fingerprint density at radius 2 is 1.71 bits per heavy atom. The van der Waals surface area contributed by atoms with Gasteiger partial charge in [-0.15, -0.1) is 0 Å². The van der Waals surface area contributed by atoms with Crippen LogP contribution in [-0.4, -0.2) is 5.11 Å². The molecule has 4 heteroatoms. The topological polar surface area (TPSA) is 72.3 Å². The van der Waals surface area contributed by atoms with Crippen LogP contribution in [0, 0.1) is 0 Å². The number of rotatable bonds is 0. The lowest BCUT2D eigenvalue weighted by Crippen LogP contribution is -1.96. The molecule has 0 saturated heterocycles. The van der Waals surface area contributed by atoms with Crippen LogP contribution in [0.4, 0.5) is 11.4 Å². The summed E-state index contributed by atoms with van der Waals surface area (Å²) in [6.07, 6.45) is -0.640. The van der Waals surface area contributed by atoms with E-state index in [0.717, 1.165) is 26.7 Å². The molecule has 0 fully saturated rings. The molecule has 0 amide bonds. The fraction of sp³-hybridized carbons (Fsp3) is 0.0769. The van der Waals surface area contributed by atoms with Crippen molar-refractivity contribution >= 4 is 27.3 Å². The Kier molecular flexibility index (Phi) is 2.18. The maximum Gasteiger partial charge on any atom is 0.105 e. The van der Waals surface area contributed by atoms with Gasteiger partial charge in [-0.05, 0) is 62.4 Å². The summed E-state index contributed by atoms with van der Waals surface area (Å²) in [5, 5.41) is 10.2. The minimum absolute atomic E-state index is 0.628. The number of hydrogen-bond acceptors (Lipinski definition) is 3. The Hall–Kier alpha value is -1.52. The molecule has 3 rings (SSSR count). The van der Waals surface area contributed by atoms with E-state index in [1.807, 2.05) is 24.3 Å². The van der Waals surface area contributed by atoms with Crippen molar-refractivity contribution in [3.63, 3.8) is 0 Å². The maximum atomic E-state index is 10.2. The summed E-state index contributed by atoms with van der Waals surface area (Å²) in [5.74, 6) is 0. The van der Waals surface area contributed by atoms with Gasteiger partial charge in [-0.3, -0.25) is 0 Å². The van der Waals surface area contributed by atoms with Gasteiger partial charge in [-0.2, -0.15) is 0 Å². The Labute approximate surface area is 107 Å². The van der Waals surface area contributed by atoms with Crippen LogP contribution in [0.5, 0.6) is 0 Å². The standard InChI is InChI=1S/C13H11BrN2O/c14-11-4-8-7-2-1-6(15)3-9(7)13(17)10(8)5-12(11)16/h1-5,13,17H,15-16H2. The minimum Gasteiger partial charge on any atom is -0.399 e. The molecule has 0 spiro atoms. The van der Waals surface area contributed by atoms with Gasteiger partial charge >= 0.3 is 0 Å². The van der Waals surface area contributed by atoms with Crippen LogP contribution in [0.25, 0.3) is 11.1 Å². The van der Waals surface area contributed by atoms with Crippen molar-refractivity contribution in [1.82, 2.24) is 0 Å². The van der Waals surface area contributed by atoms with E-state index in [0.29, 0.717) is 11.4 Å². The van der Waals surface area contributed by atoms with E-state index < -0.39 is 6.10 Å². The van der Waals surface area contributed by atoms with Crippen LogP contribution >= 0.6 is 15.9 Å². The third-order valence-corrected chi connectivity index (χ3v) is 3.81. The van der Waals surface area contributed by atoms with Gasteiger partial charge in [-0.1, -0.05) is 6.07 Å². The highest BCUT2D eigenvalue weighted by atomic mass is 79.9. The molecule has 0 saturated carbocycles. The quantitative estimate of drug-likeness (QED) is 0.653. The lowest BCUT2D eigenvalue weighted by molar-refractivity contribution is 0.225. The van der Waals surface area contributed by atoms with E-state index in [-0.39, 0.29) is 0 Å². The SMILES string of the molecule is Nc1ccc2c(c1)C(O)c1cc(N)c(Br)cc1-2. The molecular weight excluding hydrogens is 280 g/mol. The summed E-state index contributed by atoms with van der Waals surface area (Å²) in [6, 6.07) is 9.33. The van der Waals surface area contributed by atoms with Gasteiger partial charge in [0, 0.05) is 15.8 Å². The van der Waals surface area contributed by atoms with Crippen LogP contribution in [0.15, 0.2) is 34.8 Å². The van der Waals surface area contributed by atoms with E-state index in [1.165, 1.54) is 0 Å². The maximum absolute atomic E-state index is 10.2. The highest BCUT2D eigenvalue weighted by Gasteiger charge is 2.27. The average molecular weight is 291 g/mol. The molecule has 2 aromatic rings. The molecule has 86 valence electrons. The fourth-order valence-electron chi connectivity index (χ4n) is 2.29. The highest BCUT2D eigenvalue weighted by Crippen LogP contribution is 2.46. The molecule has 1 atom stereocenters. The zero-order valence-electron chi connectivity index (χ0n) is 8.94. The molecule has 0 radical (unpaired) electrons. The number of halogens is 1. The molecule has 17 heavy (non-hydrogen) atoms. The summed E-state index contributed by atoms with van der Waals surface area (Å²) in [4.78, 5) is 0. The van der Waals surface area contributed by atoms with Gasteiger partial charge in [0.2, 0.25) is 0 Å². The molecule has 0 bridgehead atoms. The molecular formula is C13H11BrN2O. The number of nitrogens with two attached hydrogens (primary N) is 2. The van der Waals surface area contributed by atoms with Gasteiger partial charge in [0.25, 0.3) is 0 Å². The predicted octanol–water partition coefficient (Wildman–Crippen LogP) is 2.68. The first-order valence-corrected chi connectivity index (χ1v) is 6.04. The van der Waals surface area contributed by atoms with Crippen LogP contribution in [0.2, 0.25) is 0 Å². The van der Waals surface area contributed by atoms with Crippen molar-refractivity contribution in [2.45, 2.75) is 6.10 Å². The number of anilines is 2. The number of hydrogen-bond donors (Lipinski definition) is 3. The van der Waals surface area contributed by atoms with Crippen molar-refractivity contribution in [3.8, 4) is 11.1 Å². The second kappa shape index (κ2) is 3.48. The minimum atomic E-state index is -0.640. The van der Waals surface area contributed by atoms with Crippen molar-refractivity contribution in [2.24, 2.45) is 0 Å². The zero-order chi connectivity index (χ0) is 12.2. The third kappa shape index (κ3) is 1.45. The number of nitrogen functional groups attached to an aromatic ring is 2. The Balaban J connectivity index is 2.31. The highest BCUT2D eigenvalue weighted by molar-refractivity contribution is 9.10. The largest absolute Gasteiger partial charge is 0.399 e. The van der Waals surface area contributed by atoms with Crippen molar-refractivity contribution in [3.05, 3.63) is 45.9 Å². The fourth-order valence-corrected chi connectivity index (χ4v) is 2.63. The van der Waals surface area contributed by atoms with Gasteiger partial charge in [-0.25, -0.2) is 0 Å². The summed E-state index contributed by atoms with van der Waals surface area (Å²) >= 11 is 3.40. The predicted molar refractivity (Wildman–Crippen MR) is 72.5 cm³/mol. The molecule has 0 aromatic heterocycles. The second-order valence-corrected chi connectivity index (χ2v) is 5.06.